The van der Waals surface area contributed by atoms with Gasteiger partial charge in [0.1, 0.15) is 17.3 Å². The summed E-state index contributed by atoms with van der Waals surface area (Å²) in [5, 5.41) is 13.1. The molecule has 33 heavy (non-hydrogen) atoms. The molecule has 1 unspecified atom stereocenters. The van der Waals surface area contributed by atoms with E-state index in [1.54, 1.807) is 43.5 Å². The Morgan fingerprint density at radius 2 is 1.79 bits per heavy atom. The number of ether oxygens (including phenoxy) is 1. The Morgan fingerprint density at radius 1 is 1.00 bits per heavy atom. The van der Waals surface area contributed by atoms with Crippen molar-refractivity contribution >= 4 is 28.2 Å². The van der Waals surface area contributed by atoms with E-state index in [1.165, 1.54) is 11.2 Å². The Bertz CT molecular complexity index is 1380. The predicted molar refractivity (Wildman–Crippen MR) is 123 cm³/mol. The first kappa shape index (κ1) is 20.6. The molecule has 6 heteroatoms. The molecular formula is C27H21NO5. The number of rotatable bonds is 5. The van der Waals surface area contributed by atoms with Crippen LogP contribution in [0.3, 0.4) is 0 Å². The summed E-state index contributed by atoms with van der Waals surface area (Å²) in [5.74, 6) is -0.517. The Hall–Kier alpha value is -4.32. The lowest BCUT2D eigenvalue weighted by Crippen LogP contribution is -2.29. The summed E-state index contributed by atoms with van der Waals surface area (Å²) in [4.78, 5) is 27.8. The summed E-state index contributed by atoms with van der Waals surface area (Å²) in [6.07, 6.45) is 1.52. The van der Waals surface area contributed by atoms with E-state index >= 15 is 0 Å². The van der Waals surface area contributed by atoms with Gasteiger partial charge in [-0.1, -0.05) is 54.6 Å². The maximum absolute atomic E-state index is 13.3. The molecule has 0 bridgehead atoms. The molecule has 3 aromatic carbocycles. The van der Waals surface area contributed by atoms with Crippen LogP contribution in [0.5, 0.6) is 5.75 Å². The van der Waals surface area contributed by atoms with Crippen molar-refractivity contribution < 1.29 is 23.8 Å². The number of benzene rings is 3. The van der Waals surface area contributed by atoms with Crippen molar-refractivity contribution in [3.05, 3.63) is 108 Å². The van der Waals surface area contributed by atoms with Gasteiger partial charge in [-0.25, -0.2) is 0 Å². The zero-order valence-corrected chi connectivity index (χ0v) is 17.9. The van der Waals surface area contributed by atoms with Gasteiger partial charge in [0.25, 0.3) is 11.7 Å². The minimum absolute atomic E-state index is 0.0381. The third-order valence-corrected chi connectivity index (χ3v) is 5.90. The lowest BCUT2D eigenvalue weighted by Gasteiger charge is -2.25. The van der Waals surface area contributed by atoms with Crippen LogP contribution in [0.1, 0.15) is 22.9 Å². The Morgan fingerprint density at radius 3 is 2.58 bits per heavy atom. The fraction of sp³-hybridized carbons (Fsp3) is 0.111. The number of hydrogen-bond donors (Lipinski definition) is 1. The second-order valence-corrected chi connectivity index (χ2v) is 7.81. The van der Waals surface area contributed by atoms with Crippen LogP contribution in [0.2, 0.25) is 0 Å². The largest absolute Gasteiger partial charge is 0.507 e. The number of Topliss-reactive ketones (excluding diaryl/α,β-unsaturated/α-hetero) is 1. The average Bonchev–Trinajstić information content (AvgIpc) is 3.45. The molecule has 1 saturated heterocycles. The fourth-order valence-corrected chi connectivity index (χ4v) is 4.35. The second kappa shape index (κ2) is 8.31. The lowest BCUT2D eigenvalue weighted by atomic mass is 9.93. The van der Waals surface area contributed by atoms with Crippen LogP contribution in [0.4, 0.5) is 0 Å². The molecule has 6 nitrogen and oxygen atoms in total. The third kappa shape index (κ3) is 3.55. The number of methoxy groups -OCH3 is 1. The number of aliphatic hydroxyl groups excluding tert-OH is 1. The first-order valence-electron chi connectivity index (χ1n) is 10.5. The maximum atomic E-state index is 13.3. The number of carbonyl (C=O) groups excluding carboxylic acids is 2. The summed E-state index contributed by atoms with van der Waals surface area (Å²) in [5.41, 5.74) is 1.19. The van der Waals surface area contributed by atoms with Gasteiger partial charge < -0.3 is 19.2 Å². The summed E-state index contributed by atoms with van der Waals surface area (Å²) in [6.45, 7) is 0.0891. The number of nitrogens with zero attached hydrogens (tertiary/aromatic N) is 1. The summed E-state index contributed by atoms with van der Waals surface area (Å²) >= 11 is 0. The van der Waals surface area contributed by atoms with E-state index in [2.05, 4.69) is 0 Å². The molecule has 1 fully saturated rings. The van der Waals surface area contributed by atoms with Crippen LogP contribution in [0, 0.1) is 0 Å². The molecule has 1 aliphatic rings. The van der Waals surface area contributed by atoms with Crippen LogP contribution in [-0.4, -0.2) is 28.8 Å². The van der Waals surface area contributed by atoms with Gasteiger partial charge in [0, 0.05) is 5.56 Å². The first-order chi connectivity index (χ1) is 16.1. The van der Waals surface area contributed by atoms with E-state index in [9.17, 15) is 14.7 Å². The summed E-state index contributed by atoms with van der Waals surface area (Å²) in [6, 6.07) is 22.9. The zero-order valence-electron chi connectivity index (χ0n) is 17.9. The first-order valence-corrected chi connectivity index (χ1v) is 10.5. The molecule has 0 aliphatic carbocycles. The van der Waals surface area contributed by atoms with Gasteiger partial charge in [0.05, 0.1) is 31.5 Å². The number of likely N-dealkylation sites (tertiary alicyclic amines) is 1. The smallest absolute Gasteiger partial charge is 0.296 e. The number of furan rings is 1. The molecule has 1 amide bonds. The predicted octanol–water partition coefficient (Wildman–Crippen LogP) is 5.06. The van der Waals surface area contributed by atoms with E-state index in [0.29, 0.717) is 22.6 Å². The van der Waals surface area contributed by atoms with Crippen molar-refractivity contribution in [1.82, 2.24) is 4.90 Å². The highest BCUT2D eigenvalue weighted by Gasteiger charge is 2.46. The minimum Gasteiger partial charge on any atom is -0.507 e. The van der Waals surface area contributed by atoms with Crippen molar-refractivity contribution in [1.29, 1.82) is 0 Å². The molecule has 1 aromatic heterocycles. The molecule has 2 heterocycles. The van der Waals surface area contributed by atoms with E-state index in [4.69, 9.17) is 9.15 Å². The van der Waals surface area contributed by atoms with Gasteiger partial charge in [0.15, 0.2) is 0 Å². The van der Waals surface area contributed by atoms with Gasteiger partial charge in [-0.2, -0.15) is 0 Å². The molecule has 4 aromatic rings. The summed E-state index contributed by atoms with van der Waals surface area (Å²) in [7, 11) is 1.55. The highest BCUT2D eigenvalue weighted by atomic mass is 16.5. The highest BCUT2D eigenvalue weighted by Crippen LogP contribution is 2.42. The Balaban J connectivity index is 1.72. The van der Waals surface area contributed by atoms with Gasteiger partial charge in [-0.15, -0.1) is 0 Å². The normalized spacial score (nSPS) is 17.6. The molecular weight excluding hydrogens is 418 g/mol. The monoisotopic (exact) mass is 439 g/mol. The topological polar surface area (TPSA) is 80.0 Å². The number of hydrogen-bond acceptors (Lipinski definition) is 5. The van der Waals surface area contributed by atoms with Gasteiger partial charge >= 0.3 is 0 Å². The number of fused-ring (bicyclic) bond motifs is 1. The number of aliphatic hydroxyl groups is 1. The second-order valence-electron chi connectivity index (χ2n) is 7.81. The van der Waals surface area contributed by atoms with E-state index in [0.717, 1.165) is 10.8 Å². The van der Waals surface area contributed by atoms with Gasteiger partial charge in [-0.05, 0) is 40.6 Å². The lowest BCUT2D eigenvalue weighted by molar-refractivity contribution is -0.140. The van der Waals surface area contributed by atoms with Crippen LogP contribution in [-0.2, 0) is 16.1 Å². The fourth-order valence-electron chi connectivity index (χ4n) is 4.35. The van der Waals surface area contributed by atoms with E-state index in [-0.39, 0.29) is 17.9 Å². The van der Waals surface area contributed by atoms with Crippen LogP contribution in [0.15, 0.2) is 95.1 Å². The number of carbonyl (C=O) groups is 2. The van der Waals surface area contributed by atoms with E-state index < -0.39 is 17.7 Å². The van der Waals surface area contributed by atoms with Crippen LogP contribution in [0.25, 0.3) is 16.5 Å². The summed E-state index contributed by atoms with van der Waals surface area (Å²) < 4.78 is 10.8. The van der Waals surface area contributed by atoms with E-state index in [1.807, 2.05) is 42.5 Å². The molecule has 0 saturated carbocycles. The molecule has 0 radical (unpaired) electrons. The van der Waals surface area contributed by atoms with Gasteiger partial charge in [0.2, 0.25) is 0 Å². The van der Waals surface area contributed by atoms with Crippen molar-refractivity contribution in [2.24, 2.45) is 0 Å². The molecule has 1 atom stereocenters. The quantitative estimate of drug-likeness (QED) is 0.267. The maximum Gasteiger partial charge on any atom is 0.296 e. The van der Waals surface area contributed by atoms with Crippen molar-refractivity contribution in [3.8, 4) is 5.75 Å². The Labute approximate surface area is 190 Å². The average molecular weight is 439 g/mol. The molecule has 0 spiro atoms. The van der Waals surface area contributed by atoms with Crippen molar-refractivity contribution in [2.45, 2.75) is 12.6 Å². The number of amides is 1. The molecule has 5 rings (SSSR count). The SMILES string of the molecule is COc1cccc(C2/C(=C(/O)c3cccc4ccccc34)C(=O)C(=O)N2Cc2ccco2)c1. The van der Waals surface area contributed by atoms with Crippen LogP contribution < -0.4 is 4.74 Å². The zero-order chi connectivity index (χ0) is 22.9. The van der Waals surface area contributed by atoms with Crippen molar-refractivity contribution in [3.63, 3.8) is 0 Å². The van der Waals surface area contributed by atoms with Gasteiger partial charge in [-0.3, -0.25) is 9.59 Å². The molecule has 164 valence electrons. The molecule has 1 N–H and O–H groups in total. The number of ketones is 1. The Kier molecular flexibility index (Phi) is 5.18. The third-order valence-electron chi connectivity index (χ3n) is 5.90. The van der Waals surface area contributed by atoms with Crippen LogP contribution >= 0.6 is 0 Å². The standard InChI is InChI=1S/C27H21NO5/c1-32-19-10-4-9-18(15-19)24-23(26(30)27(31)28(24)16-20-11-6-14-33-20)25(29)22-13-5-8-17-7-2-3-12-21(17)22/h2-15,24,29H,16H2,1H3/b25-23-. The minimum atomic E-state index is -0.802. The highest BCUT2D eigenvalue weighted by molar-refractivity contribution is 6.46. The van der Waals surface area contributed by atoms with Crippen molar-refractivity contribution in [2.75, 3.05) is 7.11 Å². The molecule has 1 aliphatic heterocycles.